The first-order valence-corrected chi connectivity index (χ1v) is 7.52. The van der Waals surface area contributed by atoms with E-state index >= 15 is 0 Å². The molecule has 0 aliphatic heterocycles. The minimum absolute atomic E-state index is 0.208. The van der Waals surface area contributed by atoms with Gasteiger partial charge in [0.15, 0.2) is 5.82 Å². The molecule has 4 nitrogen and oxygen atoms in total. The van der Waals surface area contributed by atoms with E-state index < -0.39 is 41.3 Å². The lowest BCUT2D eigenvalue weighted by Gasteiger charge is -2.16. The summed E-state index contributed by atoms with van der Waals surface area (Å²) in [7, 11) is 0. The van der Waals surface area contributed by atoms with Crippen molar-refractivity contribution in [1.29, 1.82) is 0 Å². The van der Waals surface area contributed by atoms with E-state index in [9.17, 15) is 39.5 Å². The zero-order valence-electron chi connectivity index (χ0n) is 13.7. The minimum atomic E-state index is -5.29. The molecule has 0 radical (unpaired) electrons. The lowest BCUT2D eigenvalue weighted by Crippen LogP contribution is -2.16. The van der Waals surface area contributed by atoms with Gasteiger partial charge in [0, 0.05) is 5.56 Å². The molecule has 0 atom stereocenters. The summed E-state index contributed by atoms with van der Waals surface area (Å²) in [6, 6.07) is 4.94. The molecule has 3 aromatic rings. The van der Waals surface area contributed by atoms with Gasteiger partial charge >= 0.3 is 18.5 Å². The highest BCUT2D eigenvalue weighted by atomic mass is 19.4. The van der Waals surface area contributed by atoms with Crippen molar-refractivity contribution in [2.45, 2.75) is 18.5 Å². The molecular weight excluding hydrogens is 419 g/mol. The van der Waals surface area contributed by atoms with Crippen molar-refractivity contribution in [3.8, 4) is 22.8 Å². The summed E-state index contributed by atoms with van der Waals surface area (Å²) in [5.41, 5.74) is -4.53. The maximum atomic E-state index is 13.1. The second-order valence-corrected chi connectivity index (χ2v) is 5.67. The Morgan fingerprint density at radius 2 is 1.28 bits per heavy atom. The fourth-order valence-electron chi connectivity index (χ4n) is 2.41. The van der Waals surface area contributed by atoms with Crippen LogP contribution in [0.3, 0.4) is 0 Å². The number of nitrogens with zero attached hydrogens (tertiary/aromatic N) is 3. The van der Waals surface area contributed by atoms with Crippen molar-refractivity contribution in [3.05, 3.63) is 53.3 Å². The first-order chi connectivity index (χ1) is 13.3. The number of hydrogen-bond donors (Lipinski definition) is 1. The van der Waals surface area contributed by atoms with Crippen molar-refractivity contribution >= 4 is 0 Å². The summed E-state index contributed by atoms with van der Waals surface area (Å²) in [4.78, 5) is 7.07. The highest BCUT2D eigenvalue weighted by Gasteiger charge is 2.43. The van der Waals surface area contributed by atoms with E-state index in [0.29, 0.717) is 0 Å². The predicted molar refractivity (Wildman–Crippen MR) is 80.1 cm³/mol. The Morgan fingerprint density at radius 3 is 1.83 bits per heavy atom. The van der Waals surface area contributed by atoms with Crippen LogP contribution in [0.25, 0.3) is 22.8 Å². The number of halogens is 9. The zero-order valence-corrected chi connectivity index (χ0v) is 13.7. The van der Waals surface area contributed by atoms with E-state index in [4.69, 9.17) is 0 Å². The van der Waals surface area contributed by atoms with Crippen LogP contribution in [0.4, 0.5) is 39.5 Å². The fraction of sp³-hybridized carbons (Fsp3) is 0.188. The number of aromatic amines is 1. The number of alkyl halides is 9. The zero-order chi connectivity index (χ0) is 21.6. The summed E-state index contributed by atoms with van der Waals surface area (Å²) in [6.45, 7) is 0. The Labute approximate surface area is 155 Å². The van der Waals surface area contributed by atoms with E-state index in [1.807, 2.05) is 0 Å². The van der Waals surface area contributed by atoms with Gasteiger partial charge in [0.05, 0.1) is 16.8 Å². The van der Waals surface area contributed by atoms with Crippen LogP contribution in [0.1, 0.15) is 17.0 Å². The monoisotopic (exact) mass is 426 g/mol. The first-order valence-electron chi connectivity index (χ1n) is 7.52. The maximum Gasteiger partial charge on any atom is 0.451 e. The van der Waals surface area contributed by atoms with Gasteiger partial charge in [-0.25, -0.2) is 9.97 Å². The lowest BCUT2D eigenvalue weighted by atomic mass is 10.0. The van der Waals surface area contributed by atoms with Crippen LogP contribution in [0.2, 0.25) is 0 Å². The van der Waals surface area contributed by atoms with Crippen molar-refractivity contribution in [1.82, 2.24) is 20.2 Å². The average molecular weight is 426 g/mol. The molecule has 0 spiro atoms. The minimum Gasteiger partial charge on any atom is -0.255 e. The van der Waals surface area contributed by atoms with Crippen LogP contribution < -0.4 is 0 Å². The molecule has 0 aliphatic rings. The molecule has 0 fully saturated rings. The van der Waals surface area contributed by atoms with E-state index in [0.717, 1.165) is 6.07 Å². The van der Waals surface area contributed by atoms with Crippen LogP contribution in [0, 0.1) is 0 Å². The van der Waals surface area contributed by atoms with Gasteiger partial charge in [-0.3, -0.25) is 5.10 Å². The molecule has 13 heteroatoms. The highest BCUT2D eigenvalue weighted by molar-refractivity contribution is 5.64. The third-order valence-corrected chi connectivity index (χ3v) is 3.66. The highest BCUT2D eigenvalue weighted by Crippen LogP contribution is 2.41. The molecule has 154 valence electrons. The third-order valence-electron chi connectivity index (χ3n) is 3.66. The molecule has 0 bridgehead atoms. The lowest BCUT2D eigenvalue weighted by molar-refractivity contribution is -0.162. The smallest absolute Gasteiger partial charge is 0.255 e. The Bertz CT molecular complexity index is 1030. The third kappa shape index (κ3) is 4.32. The fourth-order valence-corrected chi connectivity index (χ4v) is 2.41. The van der Waals surface area contributed by atoms with Crippen molar-refractivity contribution < 1.29 is 39.5 Å². The maximum absolute atomic E-state index is 13.1. The van der Waals surface area contributed by atoms with Gasteiger partial charge < -0.3 is 0 Å². The molecule has 1 aromatic carbocycles. The van der Waals surface area contributed by atoms with Gasteiger partial charge in [0.2, 0.25) is 5.82 Å². The molecule has 0 amide bonds. The van der Waals surface area contributed by atoms with Crippen LogP contribution >= 0.6 is 0 Å². The quantitative estimate of drug-likeness (QED) is 0.544. The predicted octanol–water partition coefficient (Wildman–Crippen LogP) is 5.59. The van der Waals surface area contributed by atoms with E-state index in [2.05, 4.69) is 15.1 Å². The van der Waals surface area contributed by atoms with Crippen molar-refractivity contribution in [2.75, 3.05) is 0 Å². The summed E-state index contributed by atoms with van der Waals surface area (Å²) in [6.07, 6.45) is -15.3. The largest absolute Gasteiger partial charge is 0.451 e. The average Bonchev–Trinajstić information content (AvgIpc) is 3.10. The van der Waals surface area contributed by atoms with Crippen molar-refractivity contribution in [3.63, 3.8) is 0 Å². The second-order valence-electron chi connectivity index (χ2n) is 5.67. The van der Waals surface area contributed by atoms with Gasteiger partial charge in [-0.15, -0.1) is 0 Å². The van der Waals surface area contributed by atoms with E-state index in [1.54, 1.807) is 5.10 Å². The van der Waals surface area contributed by atoms with Gasteiger partial charge in [0.25, 0.3) is 0 Å². The van der Waals surface area contributed by atoms with E-state index in [1.165, 1.54) is 18.2 Å². The molecule has 2 heterocycles. The van der Waals surface area contributed by atoms with Crippen LogP contribution in [0.5, 0.6) is 0 Å². The first kappa shape index (κ1) is 20.6. The van der Waals surface area contributed by atoms with Crippen molar-refractivity contribution in [2.24, 2.45) is 0 Å². The molecule has 1 N–H and O–H groups in total. The summed E-state index contributed by atoms with van der Waals surface area (Å²) < 4.78 is 116. The van der Waals surface area contributed by atoms with Crippen LogP contribution in [-0.4, -0.2) is 20.2 Å². The topological polar surface area (TPSA) is 54.5 Å². The van der Waals surface area contributed by atoms with Crippen LogP contribution in [0.15, 0.2) is 36.4 Å². The Hall–Kier alpha value is -3.12. The summed E-state index contributed by atoms with van der Waals surface area (Å²) >= 11 is 0. The van der Waals surface area contributed by atoms with Gasteiger partial charge in [-0.05, 0) is 24.3 Å². The molecule has 29 heavy (non-hydrogen) atoms. The molecular formula is C16H7F9N4. The number of rotatable bonds is 2. The SMILES string of the molecule is FC(F)(F)c1nc(-c2cccc(-c3ccc(C(F)(F)F)c(C(F)(F)F)c3)n2)n[nH]1. The number of nitrogens with one attached hydrogen (secondary N) is 1. The number of hydrogen-bond acceptors (Lipinski definition) is 3. The summed E-state index contributed by atoms with van der Waals surface area (Å²) in [5, 5.41) is 5.00. The standard InChI is InChI=1S/C16H7F9N4/c17-14(18,19)8-5-4-7(6-9(8)15(20,21)22)10-2-1-3-11(26-10)12-27-13(29-28-12)16(23,24)25/h1-6H,(H,27,28,29). The Kier molecular flexibility index (Phi) is 4.79. The molecule has 2 aromatic heterocycles. The molecule has 0 saturated carbocycles. The molecule has 0 saturated heterocycles. The summed E-state index contributed by atoms with van der Waals surface area (Å²) in [5.74, 6) is -1.89. The van der Waals surface area contributed by atoms with Gasteiger partial charge in [-0.2, -0.15) is 44.6 Å². The normalized spacial score (nSPS) is 13.0. The van der Waals surface area contributed by atoms with Gasteiger partial charge in [-0.1, -0.05) is 12.1 Å². The number of pyridine rings is 1. The number of aromatic nitrogens is 4. The molecule has 0 aliphatic carbocycles. The molecule has 3 rings (SSSR count). The second kappa shape index (κ2) is 6.74. The number of H-pyrrole nitrogens is 1. The van der Waals surface area contributed by atoms with E-state index in [-0.39, 0.29) is 29.1 Å². The Morgan fingerprint density at radius 1 is 0.655 bits per heavy atom. The Balaban J connectivity index is 2.06. The molecule has 0 unspecified atom stereocenters. The number of benzene rings is 1. The van der Waals surface area contributed by atoms with Crippen LogP contribution in [-0.2, 0) is 18.5 Å². The van der Waals surface area contributed by atoms with Gasteiger partial charge in [0.1, 0.15) is 5.69 Å².